The number of pyridine rings is 2. The first-order valence-electron chi connectivity index (χ1n) is 11.9. The van der Waals surface area contributed by atoms with Gasteiger partial charge in [0.05, 0.1) is 5.69 Å². The van der Waals surface area contributed by atoms with Crippen LogP contribution in [0.5, 0.6) is 0 Å². The molecule has 1 aliphatic rings. The van der Waals surface area contributed by atoms with Crippen LogP contribution in [-0.4, -0.2) is 21.6 Å². The zero-order chi connectivity index (χ0) is 24.6. The fourth-order valence-electron chi connectivity index (χ4n) is 4.51. The Kier molecular flexibility index (Phi) is 5.97. The van der Waals surface area contributed by atoms with Crippen LogP contribution < -0.4 is 5.32 Å². The van der Waals surface area contributed by atoms with Gasteiger partial charge in [0, 0.05) is 28.2 Å². The fraction of sp³-hybridized carbons (Fsp3) is 0.276. The standard InChI is InChI=1S/C29H28ClN3O2/c1-28(2,3)33-27(34)35-29(15-7-16-29)22-12-10-20(11-13-22)24-23(19-8-5-4-6-9-19)18-21-14-17-31-26(30)25(21)32-24/h4-6,8-14,17-18H,7,15-16H2,1-3H3,(H,33,34). The predicted octanol–water partition coefficient (Wildman–Crippen LogP) is 7.52. The van der Waals surface area contributed by atoms with E-state index in [-0.39, 0.29) is 11.6 Å². The SMILES string of the molecule is CC(C)(C)NC(=O)OC1(c2ccc(-c3nc4c(Cl)nccc4cc3-c3ccccc3)cc2)CCC1. The molecule has 1 fully saturated rings. The van der Waals surface area contributed by atoms with E-state index in [1.54, 1.807) is 6.20 Å². The minimum atomic E-state index is -0.583. The maximum atomic E-state index is 12.5. The lowest BCUT2D eigenvalue weighted by Gasteiger charge is -2.42. The molecule has 0 unspecified atom stereocenters. The van der Waals surface area contributed by atoms with Crippen LogP contribution in [-0.2, 0) is 10.3 Å². The number of carbonyl (C=O) groups excluding carboxylic acids is 1. The lowest BCUT2D eigenvalue weighted by molar-refractivity contribution is -0.0549. The van der Waals surface area contributed by atoms with E-state index < -0.39 is 5.60 Å². The Morgan fingerprint density at radius 3 is 2.34 bits per heavy atom. The van der Waals surface area contributed by atoms with Crippen LogP contribution in [0.4, 0.5) is 4.79 Å². The van der Waals surface area contributed by atoms with Crippen molar-refractivity contribution >= 4 is 28.6 Å². The normalized spacial score (nSPS) is 14.9. The number of aromatic nitrogens is 2. The second-order valence-corrected chi connectivity index (χ2v) is 10.5. The number of carbonyl (C=O) groups is 1. The van der Waals surface area contributed by atoms with E-state index in [2.05, 4.69) is 28.5 Å². The van der Waals surface area contributed by atoms with Gasteiger partial charge in [0.2, 0.25) is 0 Å². The van der Waals surface area contributed by atoms with Crippen molar-refractivity contribution in [2.75, 3.05) is 0 Å². The third kappa shape index (κ3) is 4.73. The smallest absolute Gasteiger partial charge is 0.408 e. The predicted molar refractivity (Wildman–Crippen MR) is 140 cm³/mol. The molecule has 1 aliphatic carbocycles. The molecule has 1 saturated carbocycles. The quantitative estimate of drug-likeness (QED) is 0.303. The molecular weight excluding hydrogens is 458 g/mol. The molecule has 0 atom stereocenters. The van der Waals surface area contributed by atoms with Crippen molar-refractivity contribution in [1.29, 1.82) is 0 Å². The molecule has 5 rings (SSSR count). The lowest BCUT2D eigenvalue weighted by Crippen LogP contribution is -2.47. The Morgan fingerprint density at radius 1 is 1.00 bits per heavy atom. The first-order valence-corrected chi connectivity index (χ1v) is 12.2. The zero-order valence-corrected chi connectivity index (χ0v) is 20.9. The molecule has 2 aromatic carbocycles. The highest BCUT2D eigenvalue weighted by atomic mass is 35.5. The van der Waals surface area contributed by atoms with E-state index in [9.17, 15) is 4.79 Å². The van der Waals surface area contributed by atoms with Crippen molar-refractivity contribution < 1.29 is 9.53 Å². The van der Waals surface area contributed by atoms with E-state index in [0.717, 1.165) is 52.6 Å². The molecule has 0 saturated heterocycles. The first-order chi connectivity index (χ1) is 16.7. The molecule has 35 heavy (non-hydrogen) atoms. The molecule has 178 valence electrons. The number of nitrogens with one attached hydrogen (secondary N) is 1. The van der Waals surface area contributed by atoms with Crippen molar-refractivity contribution in [1.82, 2.24) is 15.3 Å². The summed E-state index contributed by atoms with van der Waals surface area (Å²) in [6, 6.07) is 22.4. The average Bonchev–Trinajstić information content (AvgIpc) is 2.81. The molecule has 2 aromatic heterocycles. The molecule has 0 aliphatic heterocycles. The number of hydrogen-bond acceptors (Lipinski definition) is 4. The van der Waals surface area contributed by atoms with Gasteiger partial charge in [0.1, 0.15) is 11.1 Å². The minimum Gasteiger partial charge on any atom is -0.438 e. The number of fused-ring (bicyclic) bond motifs is 1. The van der Waals surface area contributed by atoms with Gasteiger partial charge in [-0.25, -0.2) is 14.8 Å². The summed E-state index contributed by atoms with van der Waals surface area (Å²) in [6.45, 7) is 5.83. The van der Waals surface area contributed by atoms with Gasteiger partial charge in [0.25, 0.3) is 0 Å². The van der Waals surface area contributed by atoms with Gasteiger partial charge in [-0.2, -0.15) is 0 Å². The molecule has 4 aromatic rings. The summed E-state index contributed by atoms with van der Waals surface area (Å²) in [4.78, 5) is 21.7. The van der Waals surface area contributed by atoms with E-state index in [1.165, 1.54) is 0 Å². The third-order valence-electron chi connectivity index (χ3n) is 6.38. The van der Waals surface area contributed by atoms with E-state index in [4.69, 9.17) is 21.3 Å². The number of alkyl carbamates (subject to hydrolysis) is 1. The molecule has 6 heteroatoms. The van der Waals surface area contributed by atoms with Crippen LogP contribution in [0.1, 0.15) is 45.6 Å². The largest absolute Gasteiger partial charge is 0.438 e. The van der Waals surface area contributed by atoms with Gasteiger partial charge in [-0.1, -0.05) is 66.2 Å². The van der Waals surface area contributed by atoms with Crippen molar-refractivity contribution in [3.05, 3.63) is 83.6 Å². The number of halogens is 1. The summed E-state index contributed by atoms with van der Waals surface area (Å²) in [5.74, 6) is 0. The Bertz CT molecular complexity index is 1380. The Labute approximate surface area is 210 Å². The molecule has 2 heterocycles. The second kappa shape index (κ2) is 8.97. The van der Waals surface area contributed by atoms with Crippen LogP contribution in [0.25, 0.3) is 33.3 Å². The number of hydrogen-bond donors (Lipinski definition) is 1. The molecule has 1 amide bonds. The highest BCUT2D eigenvalue weighted by Gasteiger charge is 2.43. The van der Waals surface area contributed by atoms with Crippen molar-refractivity contribution in [2.24, 2.45) is 0 Å². The topological polar surface area (TPSA) is 64.1 Å². The fourth-order valence-corrected chi connectivity index (χ4v) is 4.72. The van der Waals surface area contributed by atoms with E-state index in [1.807, 2.05) is 69.3 Å². The van der Waals surface area contributed by atoms with Crippen LogP contribution in [0, 0.1) is 0 Å². The Morgan fingerprint density at radius 2 is 1.71 bits per heavy atom. The third-order valence-corrected chi connectivity index (χ3v) is 6.66. The Hall–Kier alpha value is -3.44. The van der Waals surface area contributed by atoms with Gasteiger partial charge in [-0.05, 0) is 63.3 Å². The van der Waals surface area contributed by atoms with Gasteiger partial charge >= 0.3 is 6.09 Å². The van der Waals surface area contributed by atoms with Crippen molar-refractivity contribution in [2.45, 2.75) is 51.2 Å². The maximum Gasteiger partial charge on any atom is 0.408 e. The maximum absolute atomic E-state index is 12.5. The van der Waals surface area contributed by atoms with E-state index in [0.29, 0.717) is 10.7 Å². The first kappa shape index (κ1) is 23.3. The van der Waals surface area contributed by atoms with Crippen LogP contribution in [0.15, 0.2) is 72.9 Å². The molecule has 0 bridgehead atoms. The van der Waals surface area contributed by atoms with Crippen LogP contribution >= 0.6 is 11.6 Å². The lowest BCUT2D eigenvalue weighted by atomic mass is 9.74. The van der Waals surface area contributed by atoms with Crippen molar-refractivity contribution in [3.8, 4) is 22.4 Å². The average molecular weight is 486 g/mol. The molecule has 0 spiro atoms. The van der Waals surface area contributed by atoms with Crippen LogP contribution in [0.3, 0.4) is 0 Å². The van der Waals surface area contributed by atoms with Gasteiger partial charge < -0.3 is 10.1 Å². The number of ether oxygens (including phenoxy) is 1. The minimum absolute atomic E-state index is 0.350. The highest BCUT2D eigenvalue weighted by Crippen LogP contribution is 2.45. The number of amides is 1. The van der Waals surface area contributed by atoms with Crippen LogP contribution in [0.2, 0.25) is 5.15 Å². The highest BCUT2D eigenvalue weighted by molar-refractivity contribution is 6.33. The number of nitrogens with zero attached hydrogens (tertiary/aromatic N) is 2. The summed E-state index contributed by atoms with van der Waals surface area (Å²) >= 11 is 6.39. The number of rotatable bonds is 4. The number of benzene rings is 2. The molecule has 1 N–H and O–H groups in total. The Balaban J connectivity index is 1.53. The summed E-state index contributed by atoms with van der Waals surface area (Å²) in [5.41, 5.74) is 4.63. The summed E-state index contributed by atoms with van der Waals surface area (Å²) in [5, 5.41) is 4.23. The van der Waals surface area contributed by atoms with Gasteiger partial charge in [-0.3, -0.25) is 0 Å². The summed E-state index contributed by atoms with van der Waals surface area (Å²) < 4.78 is 5.96. The zero-order valence-electron chi connectivity index (χ0n) is 20.1. The molecule has 5 nitrogen and oxygen atoms in total. The van der Waals surface area contributed by atoms with E-state index >= 15 is 0 Å². The second-order valence-electron chi connectivity index (χ2n) is 10.1. The van der Waals surface area contributed by atoms with Gasteiger partial charge in [-0.15, -0.1) is 0 Å². The van der Waals surface area contributed by atoms with Gasteiger partial charge in [0.15, 0.2) is 5.15 Å². The molecular formula is C29H28ClN3O2. The monoisotopic (exact) mass is 485 g/mol. The molecule has 0 radical (unpaired) electrons. The summed E-state index contributed by atoms with van der Waals surface area (Å²) in [6.07, 6.45) is 3.97. The summed E-state index contributed by atoms with van der Waals surface area (Å²) in [7, 11) is 0. The van der Waals surface area contributed by atoms with Crippen molar-refractivity contribution in [3.63, 3.8) is 0 Å².